The molecule has 1 aliphatic rings. The minimum Gasteiger partial charge on any atom is -0.492 e. The van der Waals surface area contributed by atoms with Gasteiger partial charge in [-0.15, -0.1) is 0 Å². The fourth-order valence-corrected chi connectivity index (χ4v) is 2.67. The Kier molecular flexibility index (Phi) is 6.64. The second kappa shape index (κ2) is 8.50. The van der Waals surface area contributed by atoms with Crippen LogP contribution in [-0.2, 0) is 11.3 Å². The maximum atomic E-state index is 6.25. The summed E-state index contributed by atoms with van der Waals surface area (Å²) in [6.07, 6.45) is 4.74. The fourth-order valence-electron chi connectivity index (χ4n) is 2.42. The molecule has 20 heavy (non-hydrogen) atoms. The highest BCUT2D eigenvalue weighted by molar-refractivity contribution is 6.32. The summed E-state index contributed by atoms with van der Waals surface area (Å²) >= 11 is 6.25. The molecule has 0 saturated carbocycles. The molecule has 0 spiro atoms. The molecule has 0 bridgehead atoms. The monoisotopic (exact) mass is 297 g/mol. The van der Waals surface area contributed by atoms with E-state index in [2.05, 4.69) is 18.3 Å². The van der Waals surface area contributed by atoms with Gasteiger partial charge in [-0.25, -0.2) is 0 Å². The van der Waals surface area contributed by atoms with Gasteiger partial charge in [0.25, 0.3) is 0 Å². The maximum Gasteiger partial charge on any atom is 0.142 e. The van der Waals surface area contributed by atoms with Gasteiger partial charge in [-0.05, 0) is 31.9 Å². The van der Waals surface area contributed by atoms with E-state index in [0.29, 0.717) is 17.7 Å². The smallest absolute Gasteiger partial charge is 0.142 e. The molecule has 3 nitrogen and oxygen atoms in total. The molecule has 1 saturated heterocycles. The van der Waals surface area contributed by atoms with Crippen LogP contribution in [0.25, 0.3) is 0 Å². The van der Waals surface area contributed by atoms with Crippen LogP contribution in [0.1, 0.15) is 38.2 Å². The molecule has 0 radical (unpaired) electrons. The predicted octanol–water partition coefficient (Wildman–Crippen LogP) is 3.79. The van der Waals surface area contributed by atoms with Crippen molar-refractivity contribution in [2.75, 3.05) is 19.8 Å². The summed E-state index contributed by atoms with van der Waals surface area (Å²) in [7, 11) is 0. The largest absolute Gasteiger partial charge is 0.492 e. The molecule has 0 amide bonds. The number of rotatable bonds is 8. The summed E-state index contributed by atoms with van der Waals surface area (Å²) in [5, 5.41) is 4.08. The number of nitrogens with one attached hydrogen (secondary N) is 1. The predicted molar refractivity (Wildman–Crippen MR) is 82.5 cm³/mol. The summed E-state index contributed by atoms with van der Waals surface area (Å²) in [5.41, 5.74) is 1.12. The Morgan fingerprint density at radius 2 is 2.35 bits per heavy atom. The van der Waals surface area contributed by atoms with Crippen molar-refractivity contribution in [1.82, 2.24) is 5.32 Å². The minimum atomic E-state index is 0.360. The topological polar surface area (TPSA) is 30.5 Å². The molecule has 1 fully saturated rings. The van der Waals surface area contributed by atoms with Crippen LogP contribution in [0.2, 0.25) is 5.02 Å². The Hall–Kier alpha value is -0.770. The Balaban J connectivity index is 1.87. The fraction of sp³-hybridized carbons (Fsp3) is 0.625. The summed E-state index contributed by atoms with van der Waals surface area (Å²) in [6, 6.07) is 5.92. The van der Waals surface area contributed by atoms with E-state index in [-0.39, 0.29) is 0 Å². The van der Waals surface area contributed by atoms with Gasteiger partial charge < -0.3 is 14.8 Å². The summed E-state index contributed by atoms with van der Waals surface area (Å²) in [4.78, 5) is 0. The average Bonchev–Trinajstić information content (AvgIpc) is 2.95. The van der Waals surface area contributed by atoms with Crippen LogP contribution in [-0.4, -0.2) is 25.9 Å². The van der Waals surface area contributed by atoms with E-state index in [1.54, 1.807) is 0 Å². The zero-order valence-electron chi connectivity index (χ0n) is 12.2. The van der Waals surface area contributed by atoms with Gasteiger partial charge >= 0.3 is 0 Å². The molecular formula is C16H24ClNO2. The zero-order valence-corrected chi connectivity index (χ0v) is 12.9. The van der Waals surface area contributed by atoms with E-state index >= 15 is 0 Å². The number of hydrogen-bond acceptors (Lipinski definition) is 3. The minimum absolute atomic E-state index is 0.360. The third-order valence-electron chi connectivity index (χ3n) is 3.50. The van der Waals surface area contributed by atoms with Gasteiger partial charge in [0, 0.05) is 25.1 Å². The Morgan fingerprint density at radius 3 is 3.10 bits per heavy atom. The molecule has 0 aromatic heterocycles. The van der Waals surface area contributed by atoms with Crippen molar-refractivity contribution in [2.45, 2.75) is 45.3 Å². The van der Waals surface area contributed by atoms with E-state index in [9.17, 15) is 0 Å². The lowest BCUT2D eigenvalue weighted by molar-refractivity contribution is 0.0902. The third kappa shape index (κ3) is 4.65. The van der Waals surface area contributed by atoms with Crippen LogP contribution in [0, 0.1) is 0 Å². The number of hydrogen-bond donors (Lipinski definition) is 1. The molecule has 1 aromatic rings. The van der Waals surface area contributed by atoms with Crippen molar-refractivity contribution in [3.05, 3.63) is 28.8 Å². The molecule has 112 valence electrons. The molecular weight excluding hydrogens is 274 g/mol. The lowest BCUT2D eigenvalue weighted by atomic mass is 10.2. The lowest BCUT2D eigenvalue weighted by Crippen LogP contribution is -2.16. The van der Waals surface area contributed by atoms with Gasteiger partial charge in [-0.1, -0.05) is 30.7 Å². The Morgan fingerprint density at radius 1 is 1.45 bits per heavy atom. The molecule has 1 N–H and O–H groups in total. The van der Waals surface area contributed by atoms with Gasteiger partial charge in [0.05, 0.1) is 17.7 Å². The van der Waals surface area contributed by atoms with Crippen LogP contribution in [0.4, 0.5) is 0 Å². The maximum absolute atomic E-state index is 6.25. The second-order valence-electron chi connectivity index (χ2n) is 5.18. The van der Waals surface area contributed by atoms with Crippen LogP contribution < -0.4 is 10.1 Å². The van der Waals surface area contributed by atoms with Crippen molar-refractivity contribution in [3.8, 4) is 5.75 Å². The standard InChI is InChI=1S/C16H24ClNO2/c1-2-9-18-12-13-5-3-7-15(17)16(13)20-11-8-14-6-4-10-19-14/h3,5,7,14,18H,2,4,6,8-12H2,1H3. The van der Waals surface area contributed by atoms with E-state index in [0.717, 1.165) is 50.3 Å². The molecule has 4 heteroatoms. The van der Waals surface area contributed by atoms with Gasteiger partial charge in [-0.2, -0.15) is 0 Å². The van der Waals surface area contributed by atoms with Crippen molar-refractivity contribution >= 4 is 11.6 Å². The van der Waals surface area contributed by atoms with Gasteiger partial charge in [0.15, 0.2) is 0 Å². The van der Waals surface area contributed by atoms with Crippen LogP contribution in [0.5, 0.6) is 5.75 Å². The first kappa shape index (κ1) is 15.6. The first-order chi connectivity index (χ1) is 9.81. The number of benzene rings is 1. The van der Waals surface area contributed by atoms with Crippen LogP contribution >= 0.6 is 11.6 Å². The average molecular weight is 298 g/mol. The lowest BCUT2D eigenvalue weighted by Gasteiger charge is -2.15. The molecule has 2 rings (SSSR count). The van der Waals surface area contributed by atoms with Crippen molar-refractivity contribution < 1.29 is 9.47 Å². The number of ether oxygens (including phenoxy) is 2. The van der Waals surface area contributed by atoms with E-state index in [4.69, 9.17) is 21.1 Å². The second-order valence-corrected chi connectivity index (χ2v) is 5.58. The first-order valence-corrected chi connectivity index (χ1v) is 7.91. The SMILES string of the molecule is CCCNCc1cccc(Cl)c1OCCC1CCCO1. The summed E-state index contributed by atoms with van der Waals surface area (Å²) < 4.78 is 11.5. The number of para-hydroxylation sites is 1. The van der Waals surface area contributed by atoms with Gasteiger partial charge in [-0.3, -0.25) is 0 Å². The third-order valence-corrected chi connectivity index (χ3v) is 3.80. The van der Waals surface area contributed by atoms with Crippen molar-refractivity contribution in [3.63, 3.8) is 0 Å². The van der Waals surface area contributed by atoms with E-state index < -0.39 is 0 Å². The molecule has 1 aromatic carbocycles. The van der Waals surface area contributed by atoms with E-state index in [1.165, 1.54) is 6.42 Å². The Labute approximate surface area is 126 Å². The number of halogens is 1. The molecule has 1 atom stereocenters. The molecule has 1 aliphatic heterocycles. The van der Waals surface area contributed by atoms with Gasteiger partial charge in [0.2, 0.25) is 0 Å². The molecule has 0 aliphatic carbocycles. The quantitative estimate of drug-likeness (QED) is 0.741. The first-order valence-electron chi connectivity index (χ1n) is 7.53. The molecule has 1 heterocycles. The normalized spacial score (nSPS) is 18.4. The van der Waals surface area contributed by atoms with E-state index in [1.807, 2.05) is 12.1 Å². The Bertz CT molecular complexity index is 405. The highest BCUT2D eigenvalue weighted by atomic mass is 35.5. The van der Waals surface area contributed by atoms with Crippen LogP contribution in [0.15, 0.2) is 18.2 Å². The highest BCUT2D eigenvalue weighted by Crippen LogP contribution is 2.29. The van der Waals surface area contributed by atoms with Crippen LogP contribution in [0.3, 0.4) is 0 Å². The van der Waals surface area contributed by atoms with Gasteiger partial charge in [0.1, 0.15) is 5.75 Å². The van der Waals surface area contributed by atoms with Crippen molar-refractivity contribution in [2.24, 2.45) is 0 Å². The summed E-state index contributed by atoms with van der Waals surface area (Å²) in [6.45, 7) is 5.51. The highest BCUT2D eigenvalue weighted by Gasteiger charge is 2.16. The zero-order chi connectivity index (χ0) is 14.2. The molecule has 1 unspecified atom stereocenters. The summed E-state index contributed by atoms with van der Waals surface area (Å²) in [5.74, 6) is 0.816. The van der Waals surface area contributed by atoms with Crippen molar-refractivity contribution in [1.29, 1.82) is 0 Å².